The van der Waals surface area contributed by atoms with Gasteiger partial charge in [-0.1, -0.05) is 39.0 Å². The molecule has 1 unspecified atom stereocenters. The molecule has 0 spiro atoms. The molecule has 0 aliphatic heterocycles. The maximum Gasteiger partial charge on any atom is 0.303 e. The average Bonchev–Trinajstić information content (AvgIpc) is 2.46. The Morgan fingerprint density at radius 3 is 2.62 bits per heavy atom. The van der Waals surface area contributed by atoms with E-state index in [-0.39, 0.29) is 25.0 Å². The van der Waals surface area contributed by atoms with Crippen molar-refractivity contribution in [3.8, 4) is 0 Å². The average molecular weight is 299 g/mol. The number of aliphatic carboxylic acids is 1. The van der Waals surface area contributed by atoms with Gasteiger partial charge >= 0.3 is 5.97 Å². The summed E-state index contributed by atoms with van der Waals surface area (Å²) in [5, 5.41) is 11.8. The molecule has 1 rings (SSSR count). The van der Waals surface area contributed by atoms with Gasteiger partial charge in [-0.05, 0) is 25.2 Å². The van der Waals surface area contributed by atoms with Gasteiger partial charge < -0.3 is 15.2 Å². The molecule has 122 valence electrons. The highest BCUT2D eigenvalue weighted by molar-refractivity contribution is 5.77. The summed E-state index contributed by atoms with van der Waals surface area (Å²) < 4.78 is 5.23. The lowest BCUT2D eigenvalue weighted by atomic mass is 9.84. The Morgan fingerprint density at radius 1 is 1.29 bits per heavy atom. The molecule has 21 heavy (non-hydrogen) atoms. The first-order valence-electron chi connectivity index (χ1n) is 8.20. The van der Waals surface area contributed by atoms with Gasteiger partial charge in [0.1, 0.15) is 6.61 Å². The summed E-state index contributed by atoms with van der Waals surface area (Å²) in [5.74, 6) is -0.316. The van der Waals surface area contributed by atoms with Crippen LogP contribution >= 0.6 is 0 Å². The molecule has 1 aliphatic carbocycles. The molecule has 1 aliphatic rings. The van der Waals surface area contributed by atoms with E-state index in [4.69, 9.17) is 9.84 Å². The van der Waals surface area contributed by atoms with Gasteiger partial charge in [0.25, 0.3) is 0 Å². The van der Waals surface area contributed by atoms with Crippen molar-refractivity contribution < 1.29 is 19.4 Å². The van der Waals surface area contributed by atoms with Gasteiger partial charge in [0.05, 0.1) is 0 Å². The number of carbonyl (C=O) groups is 2. The molecule has 0 saturated heterocycles. The van der Waals surface area contributed by atoms with Crippen molar-refractivity contribution in [2.24, 2.45) is 5.92 Å². The molecule has 2 N–H and O–H groups in total. The molecule has 5 nitrogen and oxygen atoms in total. The zero-order valence-corrected chi connectivity index (χ0v) is 13.1. The van der Waals surface area contributed by atoms with Gasteiger partial charge in [0, 0.05) is 19.1 Å². The van der Waals surface area contributed by atoms with Crippen LogP contribution in [0.15, 0.2) is 0 Å². The van der Waals surface area contributed by atoms with E-state index in [0.717, 1.165) is 12.8 Å². The van der Waals surface area contributed by atoms with Crippen LogP contribution in [0.25, 0.3) is 0 Å². The molecule has 0 radical (unpaired) electrons. The van der Waals surface area contributed by atoms with Crippen LogP contribution in [0.5, 0.6) is 0 Å². The van der Waals surface area contributed by atoms with E-state index in [2.05, 4.69) is 5.32 Å². The van der Waals surface area contributed by atoms with Gasteiger partial charge in [-0.2, -0.15) is 0 Å². The van der Waals surface area contributed by atoms with Crippen LogP contribution in [-0.2, 0) is 14.3 Å². The summed E-state index contributed by atoms with van der Waals surface area (Å²) in [5.41, 5.74) is 0. The second-order valence-corrected chi connectivity index (χ2v) is 5.99. The topological polar surface area (TPSA) is 75.6 Å². The Kier molecular flexibility index (Phi) is 9.06. The minimum absolute atomic E-state index is 0.0399. The molecule has 0 bridgehead atoms. The third kappa shape index (κ3) is 8.71. The Morgan fingerprint density at radius 2 is 2.00 bits per heavy atom. The third-order valence-electron chi connectivity index (χ3n) is 4.00. The second kappa shape index (κ2) is 10.6. The number of carbonyl (C=O) groups excluding carboxylic acids is 1. The first kappa shape index (κ1) is 18.0. The first-order valence-corrected chi connectivity index (χ1v) is 8.20. The van der Waals surface area contributed by atoms with Gasteiger partial charge in [-0.3, -0.25) is 9.59 Å². The normalized spacial score (nSPS) is 17.4. The summed E-state index contributed by atoms with van der Waals surface area (Å²) in [6.07, 6.45) is 8.60. The predicted octanol–water partition coefficient (Wildman–Crippen LogP) is 2.73. The van der Waals surface area contributed by atoms with Crippen molar-refractivity contribution in [3.05, 3.63) is 0 Å². The Bertz CT molecular complexity index is 313. The summed E-state index contributed by atoms with van der Waals surface area (Å²) in [6, 6.07) is -0.0399. The van der Waals surface area contributed by atoms with Crippen LogP contribution in [0, 0.1) is 5.92 Å². The molecule has 0 aromatic carbocycles. The maximum atomic E-state index is 11.8. The number of hydrogen-bond donors (Lipinski definition) is 2. The van der Waals surface area contributed by atoms with E-state index in [0.29, 0.717) is 18.9 Å². The van der Waals surface area contributed by atoms with E-state index >= 15 is 0 Å². The summed E-state index contributed by atoms with van der Waals surface area (Å²) >= 11 is 0. The lowest BCUT2D eigenvalue weighted by Gasteiger charge is -2.27. The molecule has 0 aromatic rings. The molecule has 1 amide bonds. The van der Waals surface area contributed by atoms with E-state index in [1.807, 2.05) is 6.92 Å². The van der Waals surface area contributed by atoms with Crippen molar-refractivity contribution in [3.63, 3.8) is 0 Å². The molecule has 1 fully saturated rings. The van der Waals surface area contributed by atoms with E-state index < -0.39 is 5.97 Å². The minimum atomic E-state index is -0.805. The second-order valence-electron chi connectivity index (χ2n) is 5.99. The molecule has 0 aromatic heterocycles. The number of hydrogen-bond acceptors (Lipinski definition) is 3. The Balaban J connectivity index is 2.38. The molecule has 0 heterocycles. The number of rotatable bonds is 10. The van der Waals surface area contributed by atoms with Crippen LogP contribution in [0.4, 0.5) is 0 Å². The highest BCUT2D eigenvalue weighted by Gasteiger charge is 2.21. The number of ether oxygens (including phenoxy) is 1. The smallest absolute Gasteiger partial charge is 0.303 e. The fraction of sp³-hybridized carbons (Fsp3) is 0.875. The molecular formula is C16H29NO4. The highest BCUT2D eigenvalue weighted by atomic mass is 16.5. The summed E-state index contributed by atoms with van der Waals surface area (Å²) in [4.78, 5) is 22.6. The fourth-order valence-electron chi connectivity index (χ4n) is 2.95. The van der Waals surface area contributed by atoms with Crippen LogP contribution in [0.3, 0.4) is 0 Å². The highest BCUT2D eigenvalue weighted by Crippen LogP contribution is 2.28. The largest absolute Gasteiger partial charge is 0.481 e. The molecule has 1 atom stereocenters. The third-order valence-corrected chi connectivity index (χ3v) is 4.00. The van der Waals surface area contributed by atoms with Crippen LogP contribution in [0.2, 0.25) is 0 Å². The van der Waals surface area contributed by atoms with E-state index in [9.17, 15) is 9.59 Å². The Labute approximate surface area is 127 Å². The van der Waals surface area contributed by atoms with Crippen LogP contribution in [-0.4, -0.2) is 36.2 Å². The SMILES string of the molecule is CCCOCC(=O)NC(CCC(=O)O)CC1CCCCC1. The molecule has 5 heteroatoms. The Hall–Kier alpha value is -1.10. The quantitative estimate of drug-likeness (QED) is 0.608. The van der Waals surface area contributed by atoms with E-state index in [1.165, 1.54) is 32.1 Å². The fourth-order valence-corrected chi connectivity index (χ4v) is 2.95. The summed E-state index contributed by atoms with van der Waals surface area (Å²) in [7, 11) is 0. The first-order chi connectivity index (χ1) is 10.1. The molecular weight excluding hydrogens is 270 g/mol. The number of amides is 1. The number of nitrogens with one attached hydrogen (secondary N) is 1. The summed E-state index contributed by atoms with van der Waals surface area (Å²) in [6.45, 7) is 2.65. The van der Waals surface area contributed by atoms with Crippen molar-refractivity contribution in [1.82, 2.24) is 5.32 Å². The lowest BCUT2D eigenvalue weighted by Crippen LogP contribution is -2.39. The van der Waals surface area contributed by atoms with Crippen molar-refractivity contribution in [1.29, 1.82) is 0 Å². The van der Waals surface area contributed by atoms with E-state index in [1.54, 1.807) is 0 Å². The monoisotopic (exact) mass is 299 g/mol. The van der Waals surface area contributed by atoms with Gasteiger partial charge in [-0.25, -0.2) is 0 Å². The maximum absolute atomic E-state index is 11.8. The van der Waals surface area contributed by atoms with Gasteiger partial charge in [0.15, 0.2) is 0 Å². The zero-order valence-electron chi connectivity index (χ0n) is 13.1. The van der Waals surface area contributed by atoms with Crippen LogP contribution in [0.1, 0.15) is 64.7 Å². The number of carboxylic acids is 1. The standard InChI is InChI=1S/C16H29NO4/c1-2-10-21-12-15(18)17-14(8-9-16(19)20)11-13-6-4-3-5-7-13/h13-14H,2-12H2,1H3,(H,17,18)(H,19,20). The van der Waals surface area contributed by atoms with Gasteiger partial charge in [0.2, 0.25) is 5.91 Å². The zero-order chi connectivity index (χ0) is 15.5. The van der Waals surface area contributed by atoms with Crippen LogP contribution < -0.4 is 5.32 Å². The minimum Gasteiger partial charge on any atom is -0.481 e. The molecule has 1 saturated carbocycles. The predicted molar refractivity (Wildman–Crippen MR) is 81.1 cm³/mol. The van der Waals surface area contributed by atoms with Crippen molar-refractivity contribution in [2.75, 3.05) is 13.2 Å². The van der Waals surface area contributed by atoms with Crippen molar-refractivity contribution in [2.45, 2.75) is 70.8 Å². The number of carboxylic acid groups (broad SMARTS) is 1. The van der Waals surface area contributed by atoms with Crippen molar-refractivity contribution >= 4 is 11.9 Å². The lowest BCUT2D eigenvalue weighted by molar-refractivity contribution is -0.137. The van der Waals surface area contributed by atoms with Gasteiger partial charge in [-0.15, -0.1) is 0 Å².